The Morgan fingerprint density at radius 3 is 2.66 bits per heavy atom. The molecule has 0 radical (unpaired) electrons. The number of benzene rings is 2. The summed E-state index contributed by atoms with van der Waals surface area (Å²) in [6, 6.07) is 14.6. The van der Waals surface area contributed by atoms with Crippen LogP contribution in [0.15, 0.2) is 54.7 Å². The predicted octanol–water partition coefficient (Wildman–Crippen LogP) is 4.33. The Morgan fingerprint density at radius 1 is 1.17 bits per heavy atom. The van der Waals surface area contributed by atoms with Crippen molar-refractivity contribution in [3.8, 4) is 11.4 Å². The minimum Gasteiger partial charge on any atom is -0.478 e. The number of halogens is 1. The van der Waals surface area contributed by atoms with Gasteiger partial charge < -0.3 is 15.7 Å². The van der Waals surface area contributed by atoms with Gasteiger partial charge in [0.15, 0.2) is 5.82 Å². The third kappa shape index (κ3) is 4.42. The number of nitrogens with zero attached hydrogens (tertiary/aromatic N) is 3. The van der Waals surface area contributed by atoms with Crippen molar-refractivity contribution < 1.29 is 14.7 Å². The summed E-state index contributed by atoms with van der Waals surface area (Å²) < 4.78 is 0. The Labute approximate surface area is 209 Å². The van der Waals surface area contributed by atoms with Gasteiger partial charge in [0.05, 0.1) is 16.8 Å². The molecule has 3 aromatic rings. The van der Waals surface area contributed by atoms with Crippen molar-refractivity contribution >= 4 is 23.5 Å². The molecular weight excluding hydrogens is 464 g/mol. The van der Waals surface area contributed by atoms with E-state index in [1.165, 1.54) is 11.6 Å². The highest BCUT2D eigenvalue weighted by Gasteiger charge is 2.40. The summed E-state index contributed by atoms with van der Waals surface area (Å²) in [5.74, 6) is -0.609. The normalized spacial score (nSPS) is 22.1. The minimum absolute atomic E-state index is 0.0370. The van der Waals surface area contributed by atoms with Gasteiger partial charge in [-0.15, -0.1) is 0 Å². The first kappa shape index (κ1) is 23.5. The lowest BCUT2D eigenvalue weighted by Gasteiger charge is -2.44. The summed E-state index contributed by atoms with van der Waals surface area (Å²) >= 11 is 6.24. The molecule has 0 atom stereocenters. The van der Waals surface area contributed by atoms with Crippen LogP contribution < -0.4 is 5.73 Å². The fraction of sp³-hybridized carbons (Fsp3) is 0.333. The average Bonchev–Trinajstić information content (AvgIpc) is 2.89. The molecule has 0 bridgehead atoms. The Kier molecular flexibility index (Phi) is 6.30. The lowest BCUT2D eigenvalue weighted by atomic mass is 9.68. The van der Waals surface area contributed by atoms with E-state index < -0.39 is 5.97 Å². The summed E-state index contributed by atoms with van der Waals surface area (Å²) in [6.45, 7) is 1.16. The molecular formula is C27H27ClN4O3. The predicted molar refractivity (Wildman–Crippen MR) is 134 cm³/mol. The molecule has 1 fully saturated rings. The molecule has 1 aliphatic carbocycles. The number of rotatable bonds is 5. The number of amides is 1. The van der Waals surface area contributed by atoms with E-state index in [9.17, 15) is 14.7 Å². The fourth-order valence-electron chi connectivity index (χ4n) is 5.44. The number of nitrogens with two attached hydrogens (primary N) is 1. The van der Waals surface area contributed by atoms with Crippen LogP contribution in [0.3, 0.4) is 0 Å². The van der Waals surface area contributed by atoms with Gasteiger partial charge in [-0.3, -0.25) is 4.79 Å². The van der Waals surface area contributed by atoms with Gasteiger partial charge in [-0.05, 0) is 55.5 Å². The van der Waals surface area contributed by atoms with E-state index in [0.29, 0.717) is 47.2 Å². The van der Waals surface area contributed by atoms with Crippen molar-refractivity contribution in [3.63, 3.8) is 0 Å². The number of fused-ring (bicyclic) bond motifs is 1. The second kappa shape index (κ2) is 9.40. The fourth-order valence-corrected chi connectivity index (χ4v) is 5.63. The number of aromatic nitrogens is 2. The zero-order valence-electron chi connectivity index (χ0n) is 19.3. The van der Waals surface area contributed by atoms with Crippen molar-refractivity contribution in [3.05, 3.63) is 82.1 Å². The molecule has 0 spiro atoms. The van der Waals surface area contributed by atoms with Gasteiger partial charge in [0.25, 0.3) is 5.91 Å². The topological polar surface area (TPSA) is 109 Å². The third-order valence-corrected chi connectivity index (χ3v) is 7.73. The highest BCUT2D eigenvalue weighted by Crippen LogP contribution is 2.41. The summed E-state index contributed by atoms with van der Waals surface area (Å²) in [6.07, 6.45) is 5.79. The van der Waals surface area contributed by atoms with E-state index in [0.717, 1.165) is 25.7 Å². The molecule has 2 aromatic carbocycles. The molecule has 1 aromatic heterocycles. The Hall–Kier alpha value is -3.29. The van der Waals surface area contributed by atoms with Gasteiger partial charge in [0.2, 0.25) is 0 Å². The molecule has 7 nitrogen and oxygen atoms in total. The molecule has 0 unspecified atom stereocenters. The molecule has 2 heterocycles. The van der Waals surface area contributed by atoms with Crippen molar-refractivity contribution in [1.82, 2.24) is 14.9 Å². The minimum atomic E-state index is -1.00. The standard InChI is InChI=1S/C27H27ClN4O3/c28-20-6-2-5-19(14-20)27(16-29)10-7-21(8-11-27)32-12-9-23-22(25(32)33)15-30-24(31-23)17-3-1-4-18(13-17)26(34)35/h1-6,13-15,21H,7-12,16,29H2,(H,34,35)/t21-,27-. The van der Waals surface area contributed by atoms with Gasteiger partial charge in [-0.2, -0.15) is 0 Å². The molecule has 35 heavy (non-hydrogen) atoms. The second-order valence-corrected chi connectivity index (χ2v) is 9.85. The third-order valence-electron chi connectivity index (χ3n) is 7.50. The van der Waals surface area contributed by atoms with Crippen molar-refractivity contribution in [2.24, 2.45) is 5.73 Å². The average molecular weight is 491 g/mol. The van der Waals surface area contributed by atoms with Gasteiger partial charge in [0, 0.05) is 47.8 Å². The zero-order chi connectivity index (χ0) is 24.6. The first-order valence-electron chi connectivity index (χ1n) is 11.9. The molecule has 8 heteroatoms. The van der Waals surface area contributed by atoms with Gasteiger partial charge in [-0.25, -0.2) is 14.8 Å². The van der Waals surface area contributed by atoms with Crippen molar-refractivity contribution in [1.29, 1.82) is 0 Å². The maximum atomic E-state index is 13.4. The SMILES string of the molecule is NC[C@]1(c2cccc(Cl)c2)CC[C@H](N2CCc3nc(-c4cccc(C(=O)O)c4)ncc3C2=O)CC1. The van der Waals surface area contributed by atoms with E-state index in [4.69, 9.17) is 17.3 Å². The maximum Gasteiger partial charge on any atom is 0.335 e. The first-order valence-corrected chi connectivity index (χ1v) is 12.2. The summed E-state index contributed by atoms with van der Waals surface area (Å²) in [5, 5.41) is 9.97. The van der Waals surface area contributed by atoms with Gasteiger partial charge in [0.1, 0.15) is 0 Å². The molecule has 0 saturated heterocycles. The van der Waals surface area contributed by atoms with Crippen molar-refractivity contribution in [2.45, 2.75) is 43.6 Å². The van der Waals surface area contributed by atoms with Gasteiger partial charge in [-0.1, -0.05) is 35.9 Å². The quantitative estimate of drug-likeness (QED) is 0.550. The monoisotopic (exact) mass is 490 g/mol. The van der Waals surface area contributed by atoms with Crippen LogP contribution >= 0.6 is 11.6 Å². The second-order valence-electron chi connectivity index (χ2n) is 9.41. The van der Waals surface area contributed by atoms with Crippen LogP contribution in [-0.2, 0) is 11.8 Å². The maximum absolute atomic E-state index is 13.4. The van der Waals surface area contributed by atoms with Crippen LogP contribution in [-0.4, -0.2) is 51.0 Å². The van der Waals surface area contributed by atoms with Crippen LogP contribution in [0.25, 0.3) is 11.4 Å². The lowest BCUT2D eigenvalue weighted by molar-refractivity contribution is 0.0571. The molecule has 1 saturated carbocycles. The summed E-state index contributed by atoms with van der Waals surface area (Å²) in [7, 11) is 0. The van der Waals surface area contributed by atoms with E-state index in [1.54, 1.807) is 24.4 Å². The summed E-state index contributed by atoms with van der Waals surface area (Å²) in [4.78, 5) is 35.7. The highest BCUT2D eigenvalue weighted by molar-refractivity contribution is 6.30. The van der Waals surface area contributed by atoms with Crippen LogP contribution in [0, 0.1) is 0 Å². The molecule has 180 valence electrons. The number of carboxylic acids is 1. The van der Waals surface area contributed by atoms with E-state index in [-0.39, 0.29) is 22.9 Å². The molecule has 2 aliphatic rings. The molecule has 1 aliphatic heterocycles. The highest BCUT2D eigenvalue weighted by atomic mass is 35.5. The smallest absolute Gasteiger partial charge is 0.335 e. The molecule has 5 rings (SSSR count). The molecule has 1 amide bonds. The molecule has 3 N–H and O–H groups in total. The number of carboxylic acid groups (broad SMARTS) is 1. The van der Waals surface area contributed by atoms with E-state index in [2.05, 4.69) is 16.0 Å². The first-order chi connectivity index (χ1) is 16.9. The van der Waals surface area contributed by atoms with E-state index in [1.807, 2.05) is 23.1 Å². The zero-order valence-corrected chi connectivity index (χ0v) is 20.0. The number of carbonyl (C=O) groups is 2. The van der Waals surface area contributed by atoms with Crippen LogP contribution in [0.2, 0.25) is 5.02 Å². The number of hydrogen-bond donors (Lipinski definition) is 2. The summed E-state index contributed by atoms with van der Waals surface area (Å²) in [5.41, 5.74) is 9.35. The Balaban J connectivity index is 1.32. The van der Waals surface area contributed by atoms with Crippen LogP contribution in [0.1, 0.15) is 57.7 Å². The van der Waals surface area contributed by atoms with Crippen LogP contribution in [0.4, 0.5) is 0 Å². The number of hydrogen-bond acceptors (Lipinski definition) is 5. The van der Waals surface area contributed by atoms with Crippen LogP contribution in [0.5, 0.6) is 0 Å². The Bertz CT molecular complexity index is 1290. The Morgan fingerprint density at radius 2 is 1.94 bits per heavy atom. The largest absolute Gasteiger partial charge is 0.478 e. The lowest BCUT2D eigenvalue weighted by Crippen LogP contribution is -2.49. The van der Waals surface area contributed by atoms with E-state index >= 15 is 0 Å². The van der Waals surface area contributed by atoms with Gasteiger partial charge >= 0.3 is 5.97 Å². The number of carbonyl (C=O) groups excluding carboxylic acids is 1. The number of aromatic carboxylic acids is 1. The van der Waals surface area contributed by atoms with Crippen molar-refractivity contribution in [2.75, 3.05) is 13.1 Å².